The zero-order chi connectivity index (χ0) is 21.1. The summed E-state index contributed by atoms with van der Waals surface area (Å²) in [6, 6.07) is 10.0. The van der Waals surface area contributed by atoms with Crippen LogP contribution < -0.4 is 10.6 Å². The van der Waals surface area contributed by atoms with E-state index in [1.165, 1.54) is 10.9 Å². The van der Waals surface area contributed by atoms with Crippen molar-refractivity contribution in [3.05, 3.63) is 53.6 Å². The van der Waals surface area contributed by atoms with Crippen molar-refractivity contribution < 1.29 is 4.79 Å². The van der Waals surface area contributed by atoms with Gasteiger partial charge in [0.1, 0.15) is 11.6 Å². The molecule has 1 aliphatic carbocycles. The van der Waals surface area contributed by atoms with Gasteiger partial charge in [-0.25, -0.2) is 9.97 Å². The quantitative estimate of drug-likeness (QED) is 0.481. The molecule has 1 saturated carbocycles. The van der Waals surface area contributed by atoms with E-state index in [0.717, 1.165) is 48.5 Å². The smallest absolute Gasteiger partial charge is 0.223 e. The molecule has 0 bridgehead atoms. The van der Waals surface area contributed by atoms with E-state index in [9.17, 15) is 4.79 Å². The fourth-order valence-electron chi connectivity index (χ4n) is 4.01. The molecule has 0 aliphatic heterocycles. The normalized spacial score (nSPS) is 14.8. The molecule has 0 spiro atoms. The fourth-order valence-corrected chi connectivity index (χ4v) is 4.01. The van der Waals surface area contributed by atoms with Crippen molar-refractivity contribution in [3.8, 4) is 0 Å². The molecule has 6 nitrogen and oxygen atoms in total. The van der Waals surface area contributed by atoms with Crippen molar-refractivity contribution in [3.63, 3.8) is 0 Å². The Balaban J connectivity index is 1.70. The minimum Gasteiger partial charge on any atom is -0.373 e. The number of amides is 1. The second-order valence-electron chi connectivity index (χ2n) is 8.20. The zero-order valence-electron chi connectivity index (χ0n) is 18.0. The van der Waals surface area contributed by atoms with Crippen LogP contribution in [0.15, 0.2) is 36.5 Å². The number of hydrogen-bond acceptors (Lipinski definition) is 4. The highest BCUT2D eigenvalue weighted by molar-refractivity contribution is 5.83. The molecule has 30 heavy (non-hydrogen) atoms. The van der Waals surface area contributed by atoms with Gasteiger partial charge in [-0.15, -0.1) is 0 Å². The van der Waals surface area contributed by atoms with Crippen LogP contribution in [0.4, 0.5) is 5.82 Å². The van der Waals surface area contributed by atoms with Crippen molar-refractivity contribution in [1.29, 1.82) is 0 Å². The van der Waals surface area contributed by atoms with Gasteiger partial charge in [0.25, 0.3) is 0 Å². The third-order valence-electron chi connectivity index (χ3n) is 6.09. The van der Waals surface area contributed by atoms with Gasteiger partial charge < -0.3 is 15.6 Å². The Morgan fingerprint density at radius 1 is 1.20 bits per heavy atom. The van der Waals surface area contributed by atoms with Gasteiger partial charge in [-0.05, 0) is 37.3 Å². The Labute approximate surface area is 177 Å². The lowest BCUT2D eigenvalue weighted by molar-refractivity contribution is -0.126. The Bertz CT molecular complexity index is 1020. The summed E-state index contributed by atoms with van der Waals surface area (Å²) in [6.45, 7) is 4.13. The number of nitrogens with one attached hydrogen (secondary N) is 3. The molecule has 0 radical (unpaired) electrons. The topological polar surface area (TPSA) is 82.7 Å². The number of fused-ring (bicyclic) bond motifs is 1. The number of hydrogen-bond donors (Lipinski definition) is 3. The summed E-state index contributed by atoms with van der Waals surface area (Å²) in [5.74, 6) is 2.26. The third-order valence-corrected chi connectivity index (χ3v) is 6.09. The van der Waals surface area contributed by atoms with Crippen LogP contribution in [-0.4, -0.2) is 27.9 Å². The zero-order valence-corrected chi connectivity index (χ0v) is 18.0. The van der Waals surface area contributed by atoms with Gasteiger partial charge in [0.2, 0.25) is 5.91 Å². The molecule has 2 aromatic heterocycles. The summed E-state index contributed by atoms with van der Waals surface area (Å²) < 4.78 is 0. The van der Waals surface area contributed by atoms with Crippen molar-refractivity contribution in [2.24, 2.45) is 5.92 Å². The van der Waals surface area contributed by atoms with Crippen LogP contribution in [0.5, 0.6) is 0 Å². The first-order valence-electron chi connectivity index (χ1n) is 11.0. The molecule has 158 valence electrons. The van der Waals surface area contributed by atoms with Crippen molar-refractivity contribution in [1.82, 2.24) is 20.3 Å². The second kappa shape index (κ2) is 8.86. The predicted molar refractivity (Wildman–Crippen MR) is 121 cm³/mol. The highest BCUT2D eigenvalue weighted by Gasteiger charge is 2.29. The number of aromatic amines is 1. The van der Waals surface area contributed by atoms with E-state index in [2.05, 4.69) is 46.6 Å². The molecular weight excluding hydrogens is 374 g/mol. The highest BCUT2D eigenvalue weighted by Crippen LogP contribution is 2.39. The lowest BCUT2D eigenvalue weighted by Gasteiger charge is -2.22. The van der Waals surface area contributed by atoms with Crippen LogP contribution in [0.2, 0.25) is 0 Å². The molecule has 2 heterocycles. The second-order valence-corrected chi connectivity index (χ2v) is 8.20. The molecule has 3 aromatic rings. The SMILES string of the molecule is CCC(CC)C(=O)N[C@@H](Cc1c[nH]c2ccccc12)c1cc(NC)nc(C2CC2)n1. The van der Waals surface area contributed by atoms with Gasteiger partial charge in [-0.2, -0.15) is 0 Å². The van der Waals surface area contributed by atoms with E-state index < -0.39 is 0 Å². The number of benzene rings is 1. The van der Waals surface area contributed by atoms with E-state index in [-0.39, 0.29) is 17.9 Å². The number of carbonyl (C=O) groups excluding carboxylic acids is 1. The average molecular weight is 406 g/mol. The summed E-state index contributed by atoms with van der Waals surface area (Å²) in [6.07, 6.45) is 6.67. The first-order valence-corrected chi connectivity index (χ1v) is 11.0. The Kier molecular flexibility index (Phi) is 6.02. The van der Waals surface area contributed by atoms with Gasteiger partial charge >= 0.3 is 0 Å². The van der Waals surface area contributed by atoms with E-state index >= 15 is 0 Å². The van der Waals surface area contributed by atoms with Gasteiger partial charge in [0.05, 0.1) is 11.7 Å². The molecule has 1 aromatic carbocycles. The number of anilines is 1. The predicted octanol–water partition coefficient (Wildman–Crippen LogP) is 4.71. The van der Waals surface area contributed by atoms with Crippen LogP contribution in [0.3, 0.4) is 0 Å². The molecule has 0 saturated heterocycles. The minimum atomic E-state index is -0.204. The number of aromatic nitrogens is 3. The standard InChI is InChI=1S/C24H31N5O/c1-4-15(5-2)24(30)28-20(12-17-14-26-19-9-7-6-8-18(17)19)21-13-22(25-3)29-23(27-21)16-10-11-16/h6-9,13-16,20,26H,4-5,10-12H2,1-3H3,(H,28,30)(H,25,27,29)/t20-/m0/s1. The number of H-pyrrole nitrogens is 1. The molecule has 1 atom stereocenters. The summed E-state index contributed by atoms with van der Waals surface area (Å²) in [5.41, 5.74) is 3.16. The lowest BCUT2D eigenvalue weighted by Crippen LogP contribution is -2.35. The number of carbonyl (C=O) groups is 1. The van der Waals surface area contributed by atoms with Crippen LogP contribution in [0.1, 0.15) is 68.6 Å². The summed E-state index contributed by atoms with van der Waals surface area (Å²) in [4.78, 5) is 25.9. The van der Waals surface area contributed by atoms with Gasteiger partial charge in [0, 0.05) is 48.5 Å². The Morgan fingerprint density at radius 2 is 1.97 bits per heavy atom. The third kappa shape index (κ3) is 4.32. The van der Waals surface area contributed by atoms with Crippen LogP contribution in [0, 0.1) is 5.92 Å². The monoisotopic (exact) mass is 405 g/mol. The molecule has 4 rings (SSSR count). The van der Waals surface area contributed by atoms with Crippen molar-refractivity contribution in [2.45, 2.75) is 57.9 Å². The van der Waals surface area contributed by atoms with Gasteiger partial charge in [-0.3, -0.25) is 4.79 Å². The van der Waals surface area contributed by atoms with Crippen molar-refractivity contribution in [2.75, 3.05) is 12.4 Å². The molecule has 1 aliphatic rings. The first-order chi connectivity index (χ1) is 14.6. The maximum Gasteiger partial charge on any atom is 0.223 e. The van der Waals surface area contributed by atoms with Crippen molar-refractivity contribution >= 4 is 22.6 Å². The van der Waals surface area contributed by atoms with E-state index in [1.54, 1.807) is 0 Å². The summed E-state index contributed by atoms with van der Waals surface area (Å²) in [5, 5.41) is 7.65. The number of nitrogens with zero attached hydrogens (tertiary/aromatic N) is 2. The largest absolute Gasteiger partial charge is 0.373 e. The summed E-state index contributed by atoms with van der Waals surface area (Å²) >= 11 is 0. The highest BCUT2D eigenvalue weighted by atomic mass is 16.1. The van der Waals surface area contributed by atoms with Gasteiger partial charge in [0.15, 0.2) is 0 Å². The van der Waals surface area contributed by atoms with Crippen LogP contribution in [0.25, 0.3) is 10.9 Å². The first kappa shape index (κ1) is 20.4. The minimum absolute atomic E-state index is 0.0176. The van der Waals surface area contributed by atoms with E-state index in [1.807, 2.05) is 31.4 Å². The lowest BCUT2D eigenvalue weighted by atomic mass is 9.98. The maximum absolute atomic E-state index is 13.0. The molecule has 3 N–H and O–H groups in total. The number of rotatable bonds is 9. The molecule has 0 unspecified atom stereocenters. The number of para-hydroxylation sites is 1. The maximum atomic E-state index is 13.0. The molecule has 1 amide bonds. The van der Waals surface area contributed by atoms with Gasteiger partial charge in [-0.1, -0.05) is 32.0 Å². The van der Waals surface area contributed by atoms with Crippen LogP contribution >= 0.6 is 0 Å². The Morgan fingerprint density at radius 3 is 2.67 bits per heavy atom. The van der Waals surface area contributed by atoms with E-state index in [4.69, 9.17) is 4.98 Å². The molecule has 1 fully saturated rings. The van der Waals surface area contributed by atoms with E-state index in [0.29, 0.717) is 12.3 Å². The Hall–Kier alpha value is -2.89. The fraction of sp³-hybridized carbons (Fsp3) is 0.458. The molecular formula is C24H31N5O. The average Bonchev–Trinajstić information content (AvgIpc) is 3.55. The van der Waals surface area contributed by atoms with Crippen LogP contribution in [-0.2, 0) is 11.2 Å². The molecule has 6 heteroatoms. The summed E-state index contributed by atoms with van der Waals surface area (Å²) in [7, 11) is 1.88.